The molecule has 0 fully saturated rings. The molecule has 0 aliphatic rings. The molecular weight excluding hydrogens is 332 g/mol. The first kappa shape index (κ1) is 14.2. The standard InChI is InChI=1S/C13H12BrClN2O2/c1-19-7-6-17-12(11(15)8-16-17)13(18)9-4-2-3-5-10(9)14/h2-5,8H,6-7H2,1H3. The molecular formula is C13H12BrClN2O2. The average molecular weight is 344 g/mol. The summed E-state index contributed by atoms with van der Waals surface area (Å²) in [6.07, 6.45) is 1.47. The van der Waals surface area contributed by atoms with Crippen molar-refractivity contribution in [2.24, 2.45) is 0 Å². The average Bonchev–Trinajstić information content (AvgIpc) is 2.77. The van der Waals surface area contributed by atoms with Crippen LogP contribution in [0.2, 0.25) is 5.02 Å². The van der Waals surface area contributed by atoms with Gasteiger partial charge in [-0.2, -0.15) is 5.10 Å². The van der Waals surface area contributed by atoms with Crippen LogP contribution in [0.3, 0.4) is 0 Å². The molecule has 4 nitrogen and oxygen atoms in total. The molecule has 0 amide bonds. The number of aromatic nitrogens is 2. The number of hydrogen-bond donors (Lipinski definition) is 0. The molecule has 100 valence electrons. The van der Waals surface area contributed by atoms with Crippen molar-refractivity contribution in [3.63, 3.8) is 0 Å². The lowest BCUT2D eigenvalue weighted by Crippen LogP contribution is -2.15. The molecule has 0 N–H and O–H groups in total. The molecule has 19 heavy (non-hydrogen) atoms. The Morgan fingerprint density at radius 2 is 2.21 bits per heavy atom. The van der Waals surface area contributed by atoms with E-state index in [2.05, 4.69) is 21.0 Å². The van der Waals surface area contributed by atoms with E-state index in [1.54, 1.807) is 17.9 Å². The van der Waals surface area contributed by atoms with Gasteiger partial charge in [-0.1, -0.05) is 39.7 Å². The smallest absolute Gasteiger partial charge is 0.213 e. The number of methoxy groups -OCH3 is 1. The Morgan fingerprint density at radius 3 is 2.89 bits per heavy atom. The highest BCUT2D eigenvalue weighted by molar-refractivity contribution is 9.10. The minimum absolute atomic E-state index is 0.161. The highest BCUT2D eigenvalue weighted by Gasteiger charge is 2.20. The first-order chi connectivity index (χ1) is 9.15. The number of carbonyl (C=O) groups excluding carboxylic acids is 1. The maximum Gasteiger partial charge on any atom is 0.213 e. The predicted molar refractivity (Wildman–Crippen MR) is 76.7 cm³/mol. The fourth-order valence-electron chi connectivity index (χ4n) is 1.71. The molecule has 0 radical (unpaired) electrons. The molecule has 0 saturated carbocycles. The zero-order valence-electron chi connectivity index (χ0n) is 10.3. The van der Waals surface area contributed by atoms with Gasteiger partial charge in [-0.15, -0.1) is 0 Å². The third kappa shape index (κ3) is 3.05. The molecule has 0 aliphatic carbocycles. The summed E-state index contributed by atoms with van der Waals surface area (Å²) in [6.45, 7) is 0.947. The zero-order chi connectivity index (χ0) is 13.8. The lowest BCUT2D eigenvalue weighted by Gasteiger charge is -2.08. The summed E-state index contributed by atoms with van der Waals surface area (Å²) in [5, 5.41) is 4.44. The summed E-state index contributed by atoms with van der Waals surface area (Å²) in [4.78, 5) is 12.5. The topological polar surface area (TPSA) is 44.1 Å². The fraction of sp³-hybridized carbons (Fsp3) is 0.231. The third-order valence-corrected chi connectivity index (χ3v) is 3.60. The Morgan fingerprint density at radius 1 is 1.47 bits per heavy atom. The van der Waals surface area contributed by atoms with Gasteiger partial charge in [-0.25, -0.2) is 0 Å². The van der Waals surface area contributed by atoms with Crippen LogP contribution in [0.4, 0.5) is 0 Å². The number of ketones is 1. The van der Waals surface area contributed by atoms with E-state index in [0.29, 0.717) is 29.4 Å². The number of ether oxygens (including phenoxy) is 1. The van der Waals surface area contributed by atoms with Gasteiger partial charge in [0.25, 0.3) is 0 Å². The van der Waals surface area contributed by atoms with Crippen LogP contribution in [0.5, 0.6) is 0 Å². The first-order valence-electron chi connectivity index (χ1n) is 5.64. The van der Waals surface area contributed by atoms with Crippen LogP contribution in [0.15, 0.2) is 34.9 Å². The second kappa shape index (κ2) is 6.32. The lowest BCUT2D eigenvalue weighted by molar-refractivity contribution is 0.102. The summed E-state index contributed by atoms with van der Waals surface area (Å²) >= 11 is 9.43. The largest absolute Gasteiger partial charge is 0.383 e. The summed E-state index contributed by atoms with van der Waals surface area (Å²) in [6, 6.07) is 7.22. The molecule has 0 saturated heterocycles. The van der Waals surface area contributed by atoms with Crippen LogP contribution < -0.4 is 0 Å². The lowest BCUT2D eigenvalue weighted by atomic mass is 10.1. The molecule has 0 atom stereocenters. The van der Waals surface area contributed by atoms with Gasteiger partial charge >= 0.3 is 0 Å². The number of rotatable bonds is 5. The molecule has 0 aliphatic heterocycles. The minimum Gasteiger partial charge on any atom is -0.383 e. The molecule has 0 unspecified atom stereocenters. The maximum absolute atomic E-state index is 12.5. The number of hydrogen-bond acceptors (Lipinski definition) is 3. The van der Waals surface area contributed by atoms with Gasteiger partial charge in [0.05, 0.1) is 24.4 Å². The SMILES string of the molecule is COCCn1ncc(Cl)c1C(=O)c1ccccc1Br. The van der Waals surface area contributed by atoms with Crippen molar-refractivity contribution < 1.29 is 9.53 Å². The van der Waals surface area contributed by atoms with Crippen molar-refractivity contribution in [2.45, 2.75) is 6.54 Å². The number of carbonyl (C=O) groups is 1. The van der Waals surface area contributed by atoms with Gasteiger partial charge in [0.1, 0.15) is 5.69 Å². The van der Waals surface area contributed by atoms with Gasteiger partial charge in [0.15, 0.2) is 0 Å². The molecule has 0 spiro atoms. The number of benzene rings is 1. The quantitative estimate of drug-likeness (QED) is 0.783. The van der Waals surface area contributed by atoms with E-state index in [1.807, 2.05) is 18.2 Å². The summed E-state index contributed by atoms with van der Waals surface area (Å²) in [5.74, 6) is -0.161. The fourth-order valence-corrected chi connectivity index (χ4v) is 2.40. The van der Waals surface area contributed by atoms with Crippen molar-refractivity contribution in [1.29, 1.82) is 0 Å². The van der Waals surface area contributed by atoms with E-state index in [4.69, 9.17) is 16.3 Å². The Balaban J connectivity index is 2.39. The van der Waals surface area contributed by atoms with E-state index in [1.165, 1.54) is 6.20 Å². The van der Waals surface area contributed by atoms with Crippen LogP contribution in [-0.4, -0.2) is 29.3 Å². The third-order valence-electron chi connectivity index (χ3n) is 2.64. The zero-order valence-corrected chi connectivity index (χ0v) is 12.6. The minimum atomic E-state index is -0.161. The Bertz CT molecular complexity index is 598. The van der Waals surface area contributed by atoms with Crippen molar-refractivity contribution in [3.05, 3.63) is 51.2 Å². The van der Waals surface area contributed by atoms with E-state index in [0.717, 1.165) is 4.47 Å². The monoisotopic (exact) mass is 342 g/mol. The summed E-state index contributed by atoms with van der Waals surface area (Å²) in [7, 11) is 1.60. The summed E-state index contributed by atoms with van der Waals surface area (Å²) in [5.41, 5.74) is 0.939. The first-order valence-corrected chi connectivity index (χ1v) is 6.81. The van der Waals surface area contributed by atoms with Crippen molar-refractivity contribution in [1.82, 2.24) is 9.78 Å². The van der Waals surface area contributed by atoms with Gasteiger partial charge in [0.2, 0.25) is 5.78 Å². The van der Waals surface area contributed by atoms with E-state index >= 15 is 0 Å². The van der Waals surface area contributed by atoms with Crippen LogP contribution in [0, 0.1) is 0 Å². The molecule has 0 bridgehead atoms. The maximum atomic E-state index is 12.5. The molecule has 1 aromatic carbocycles. The van der Waals surface area contributed by atoms with Crippen LogP contribution in [0.1, 0.15) is 16.1 Å². The second-order valence-corrected chi connectivity index (χ2v) is 5.13. The van der Waals surface area contributed by atoms with Crippen LogP contribution in [-0.2, 0) is 11.3 Å². The summed E-state index contributed by atoms with van der Waals surface area (Å²) < 4.78 is 7.29. The van der Waals surface area contributed by atoms with E-state index < -0.39 is 0 Å². The van der Waals surface area contributed by atoms with Gasteiger partial charge in [-0.05, 0) is 12.1 Å². The van der Waals surface area contributed by atoms with Crippen molar-refractivity contribution in [3.8, 4) is 0 Å². The molecule has 2 aromatic rings. The normalized spacial score (nSPS) is 10.7. The second-order valence-electron chi connectivity index (χ2n) is 3.87. The predicted octanol–water partition coefficient (Wildman–Crippen LogP) is 3.18. The van der Waals surface area contributed by atoms with Crippen molar-refractivity contribution >= 4 is 33.3 Å². The number of nitrogens with zero attached hydrogens (tertiary/aromatic N) is 2. The Labute approximate surface area is 124 Å². The molecule has 1 heterocycles. The van der Waals surface area contributed by atoms with Gasteiger partial charge in [0, 0.05) is 17.1 Å². The van der Waals surface area contributed by atoms with E-state index in [9.17, 15) is 4.79 Å². The van der Waals surface area contributed by atoms with Crippen LogP contribution >= 0.6 is 27.5 Å². The van der Waals surface area contributed by atoms with Crippen LogP contribution in [0.25, 0.3) is 0 Å². The Kier molecular flexibility index (Phi) is 4.74. The molecule has 2 rings (SSSR count). The Hall–Kier alpha value is -1.17. The van der Waals surface area contributed by atoms with E-state index in [-0.39, 0.29) is 5.78 Å². The highest BCUT2D eigenvalue weighted by Crippen LogP contribution is 2.23. The number of halogens is 2. The molecule has 1 aromatic heterocycles. The molecule has 6 heteroatoms. The van der Waals surface area contributed by atoms with Gasteiger partial charge in [-0.3, -0.25) is 9.48 Å². The van der Waals surface area contributed by atoms with Gasteiger partial charge < -0.3 is 4.74 Å². The van der Waals surface area contributed by atoms with Crippen molar-refractivity contribution in [2.75, 3.05) is 13.7 Å². The highest BCUT2D eigenvalue weighted by atomic mass is 79.9.